The summed E-state index contributed by atoms with van der Waals surface area (Å²) in [6.45, 7) is 1.67. The number of amides is 2. The molecule has 1 N–H and O–H groups in total. The maximum atomic E-state index is 12.9. The van der Waals surface area contributed by atoms with Crippen molar-refractivity contribution >= 4 is 34.8 Å². The van der Waals surface area contributed by atoms with Gasteiger partial charge >= 0.3 is 0 Å². The second-order valence-electron chi connectivity index (χ2n) is 5.50. The molecule has 7 heteroatoms. The van der Waals surface area contributed by atoms with Gasteiger partial charge in [0.2, 0.25) is 5.91 Å². The fraction of sp³-hybridized carbons (Fsp3) is 0.105. The van der Waals surface area contributed by atoms with Gasteiger partial charge in [0, 0.05) is 6.92 Å². The zero-order valence-electron chi connectivity index (χ0n) is 13.9. The number of amidine groups is 1. The van der Waals surface area contributed by atoms with Crippen molar-refractivity contribution in [2.45, 2.75) is 13.5 Å². The first-order valence-electron chi connectivity index (χ1n) is 7.77. The molecule has 0 atom stereocenters. The Kier molecular flexibility index (Phi) is 5.48. The third kappa shape index (κ3) is 4.80. The Labute approximate surface area is 154 Å². The van der Waals surface area contributed by atoms with Crippen LogP contribution in [-0.4, -0.2) is 17.0 Å². The summed E-state index contributed by atoms with van der Waals surface area (Å²) in [5, 5.41) is 2.78. The number of carbonyl (C=O) groups excluding carboxylic acids is 2. The smallest absolute Gasteiger partial charge is 0.286 e. The van der Waals surface area contributed by atoms with E-state index in [0.29, 0.717) is 17.3 Å². The lowest BCUT2D eigenvalue weighted by molar-refractivity contribution is -0.117. The van der Waals surface area contributed by atoms with Gasteiger partial charge in [0.25, 0.3) is 5.91 Å². The molecule has 1 heterocycles. The van der Waals surface area contributed by atoms with Crippen molar-refractivity contribution in [3.05, 3.63) is 70.4 Å². The summed E-state index contributed by atoms with van der Waals surface area (Å²) in [5.41, 5.74) is 1.63. The van der Waals surface area contributed by atoms with E-state index in [0.717, 1.165) is 22.9 Å². The van der Waals surface area contributed by atoms with E-state index in [9.17, 15) is 14.0 Å². The average molecular weight is 370 g/mol. The van der Waals surface area contributed by atoms with Crippen molar-refractivity contribution in [3.63, 3.8) is 0 Å². The van der Waals surface area contributed by atoms with E-state index in [2.05, 4.69) is 10.3 Å². The van der Waals surface area contributed by atoms with Crippen LogP contribution >= 0.6 is 11.8 Å². The summed E-state index contributed by atoms with van der Waals surface area (Å²) >= 11 is 1.11. The molecule has 0 spiro atoms. The molecule has 0 aromatic heterocycles. The molecule has 1 aliphatic heterocycles. The fourth-order valence-corrected chi connectivity index (χ4v) is 3.07. The molecule has 2 aromatic carbocycles. The van der Waals surface area contributed by atoms with Gasteiger partial charge in [0.1, 0.15) is 18.2 Å². The second-order valence-corrected chi connectivity index (χ2v) is 6.53. The molecular formula is C19H15FN2O3S. The van der Waals surface area contributed by atoms with Crippen molar-refractivity contribution in [2.24, 2.45) is 4.99 Å². The molecule has 5 nitrogen and oxygen atoms in total. The van der Waals surface area contributed by atoms with E-state index in [1.807, 2.05) is 12.1 Å². The van der Waals surface area contributed by atoms with Gasteiger partial charge in [-0.05, 0) is 53.2 Å². The van der Waals surface area contributed by atoms with Crippen LogP contribution in [0.25, 0.3) is 6.08 Å². The number of ether oxygens (including phenoxy) is 1. The number of benzene rings is 2. The van der Waals surface area contributed by atoms with E-state index in [1.54, 1.807) is 30.3 Å². The Balaban J connectivity index is 1.67. The largest absolute Gasteiger partial charge is 0.489 e. The summed E-state index contributed by atoms with van der Waals surface area (Å²) in [6.07, 6.45) is 1.69. The minimum absolute atomic E-state index is 0.275. The van der Waals surface area contributed by atoms with Gasteiger partial charge in [-0.3, -0.25) is 9.59 Å². The molecule has 0 bridgehead atoms. The maximum absolute atomic E-state index is 12.9. The summed E-state index contributed by atoms with van der Waals surface area (Å²) in [5.74, 6) is -0.332. The van der Waals surface area contributed by atoms with Crippen LogP contribution in [0.15, 0.2) is 58.4 Å². The molecule has 2 amide bonds. The molecular weight excluding hydrogens is 355 g/mol. The summed E-state index contributed by atoms with van der Waals surface area (Å²) in [4.78, 5) is 27.2. The van der Waals surface area contributed by atoms with E-state index in [-0.39, 0.29) is 16.9 Å². The maximum Gasteiger partial charge on any atom is 0.286 e. The molecule has 1 aliphatic rings. The molecule has 0 unspecified atom stereocenters. The minimum atomic E-state index is -0.392. The van der Waals surface area contributed by atoms with Crippen molar-refractivity contribution in [3.8, 4) is 5.75 Å². The van der Waals surface area contributed by atoms with E-state index in [4.69, 9.17) is 4.74 Å². The molecule has 132 valence electrons. The number of carbonyl (C=O) groups is 2. The van der Waals surface area contributed by atoms with Gasteiger partial charge in [0.15, 0.2) is 5.17 Å². The number of halogens is 1. The van der Waals surface area contributed by atoms with Crippen molar-refractivity contribution in [1.82, 2.24) is 5.32 Å². The Morgan fingerprint density at radius 2 is 2.04 bits per heavy atom. The van der Waals surface area contributed by atoms with Crippen molar-refractivity contribution in [2.75, 3.05) is 0 Å². The highest BCUT2D eigenvalue weighted by Crippen LogP contribution is 2.28. The van der Waals surface area contributed by atoms with Crippen molar-refractivity contribution < 1.29 is 18.7 Å². The van der Waals surface area contributed by atoms with E-state index in [1.165, 1.54) is 19.1 Å². The van der Waals surface area contributed by atoms with E-state index < -0.39 is 5.91 Å². The molecule has 3 rings (SSSR count). The first kappa shape index (κ1) is 17.9. The quantitative estimate of drug-likeness (QED) is 0.837. The lowest BCUT2D eigenvalue weighted by atomic mass is 10.2. The Morgan fingerprint density at radius 1 is 1.27 bits per heavy atom. The lowest BCUT2D eigenvalue weighted by Gasteiger charge is -2.07. The third-order valence-electron chi connectivity index (χ3n) is 3.38. The summed E-state index contributed by atoms with van der Waals surface area (Å²) in [7, 11) is 0. The van der Waals surface area contributed by atoms with Gasteiger partial charge in [0.05, 0.1) is 4.91 Å². The predicted octanol–water partition coefficient (Wildman–Crippen LogP) is 3.51. The van der Waals surface area contributed by atoms with Crippen LogP contribution in [0.4, 0.5) is 4.39 Å². The Morgan fingerprint density at radius 3 is 2.77 bits per heavy atom. The summed E-state index contributed by atoms with van der Waals surface area (Å²) in [6, 6.07) is 13.3. The number of nitrogens with zero attached hydrogens (tertiary/aromatic N) is 1. The molecule has 0 fully saturated rings. The molecule has 2 aromatic rings. The molecule has 26 heavy (non-hydrogen) atoms. The number of nitrogens with one attached hydrogen (secondary N) is 1. The van der Waals surface area contributed by atoms with Crippen LogP contribution in [0.2, 0.25) is 0 Å². The zero-order valence-corrected chi connectivity index (χ0v) is 14.7. The number of hydrogen-bond acceptors (Lipinski definition) is 4. The van der Waals surface area contributed by atoms with Gasteiger partial charge in [-0.2, -0.15) is 4.99 Å². The monoisotopic (exact) mass is 370 g/mol. The Bertz CT molecular complexity index is 907. The van der Waals surface area contributed by atoms with Crippen LogP contribution < -0.4 is 10.1 Å². The van der Waals surface area contributed by atoms with Gasteiger partial charge in [-0.1, -0.05) is 24.3 Å². The molecule has 0 saturated carbocycles. The van der Waals surface area contributed by atoms with Gasteiger partial charge < -0.3 is 10.1 Å². The average Bonchev–Trinajstić information content (AvgIpc) is 2.93. The van der Waals surface area contributed by atoms with Crippen LogP contribution in [0, 0.1) is 5.82 Å². The highest BCUT2D eigenvalue weighted by atomic mass is 32.2. The van der Waals surface area contributed by atoms with Crippen LogP contribution in [0.5, 0.6) is 5.75 Å². The number of thioether (sulfide) groups is 1. The topological polar surface area (TPSA) is 67.8 Å². The molecule has 0 saturated heterocycles. The normalized spacial score (nSPS) is 15.1. The number of hydrogen-bond donors (Lipinski definition) is 1. The SMILES string of the molecule is CC(=O)NC1=NC(=O)C(=Cc2cccc(OCc3ccc(F)cc3)c2)S1. The first-order chi connectivity index (χ1) is 12.5. The highest BCUT2D eigenvalue weighted by molar-refractivity contribution is 8.18. The van der Waals surface area contributed by atoms with E-state index >= 15 is 0 Å². The Hall–Kier alpha value is -2.93. The standard InChI is InChI=1S/C19H15FN2O3S/c1-12(23)21-19-22-18(24)17(26-19)10-14-3-2-4-16(9-14)25-11-13-5-7-15(20)8-6-13/h2-10H,11H2,1H3,(H,21,22,23,24). The number of aliphatic imine (C=N–C) groups is 1. The molecule has 0 aliphatic carbocycles. The number of rotatable bonds is 4. The van der Waals surface area contributed by atoms with Crippen molar-refractivity contribution in [1.29, 1.82) is 0 Å². The van der Waals surface area contributed by atoms with Crippen LogP contribution in [0.1, 0.15) is 18.1 Å². The van der Waals surface area contributed by atoms with Gasteiger partial charge in [-0.25, -0.2) is 4.39 Å². The third-order valence-corrected chi connectivity index (χ3v) is 4.28. The minimum Gasteiger partial charge on any atom is -0.489 e. The lowest BCUT2D eigenvalue weighted by Crippen LogP contribution is -2.23. The highest BCUT2D eigenvalue weighted by Gasteiger charge is 2.22. The van der Waals surface area contributed by atoms with Gasteiger partial charge in [-0.15, -0.1) is 0 Å². The van der Waals surface area contributed by atoms with Crippen LogP contribution in [0.3, 0.4) is 0 Å². The molecule has 0 radical (unpaired) electrons. The van der Waals surface area contributed by atoms with Crippen LogP contribution in [-0.2, 0) is 16.2 Å². The second kappa shape index (κ2) is 7.97. The summed E-state index contributed by atoms with van der Waals surface area (Å²) < 4.78 is 18.6. The fourth-order valence-electron chi connectivity index (χ4n) is 2.21. The predicted molar refractivity (Wildman–Crippen MR) is 99.0 cm³/mol. The zero-order chi connectivity index (χ0) is 18.5. The first-order valence-corrected chi connectivity index (χ1v) is 8.59.